The van der Waals surface area contributed by atoms with Crippen molar-refractivity contribution in [1.29, 1.82) is 0 Å². The average Bonchev–Trinajstić information content (AvgIpc) is 2.81. The quantitative estimate of drug-likeness (QED) is 0.148. The van der Waals surface area contributed by atoms with Gasteiger partial charge >= 0.3 is 229 Å². The molecule has 0 aromatic heterocycles. The van der Waals surface area contributed by atoms with Crippen molar-refractivity contribution in [3.63, 3.8) is 0 Å². The van der Waals surface area contributed by atoms with Gasteiger partial charge in [-0.3, -0.25) is 0 Å². The van der Waals surface area contributed by atoms with Gasteiger partial charge in [0.25, 0.3) is 0 Å². The second-order valence-corrected chi connectivity index (χ2v) is 30.0. The fourth-order valence-electron chi connectivity index (χ4n) is 4.43. The molecule has 1 aromatic carbocycles. The molecular weight excluding hydrogens is 569 g/mol. The first-order chi connectivity index (χ1) is 16.8. The average molecular weight is 625 g/mol. The van der Waals surface area contributed by atoms with Crippen LogP contribution in [0.2, 0.25) is 31.4 Å². The molecular formula is C30H55NO3SiSn. The molecule has 1 atom stereocenters. The zero-order chi connectivity index (χ0) is 27.5. The van der Waals surface area contributed by atoms with E-state index in [-0.39, 0.29) is 11.0 Å². The molecule has 0 saturated carbocycles. The number of hydrogen-bond acceptors (Lipinski definition) is 4. The molecule has 0 aliphatic rings. The van der Waals surface area contributed by atoms with Crippen LogP contribution in [0.4, 0.5) is 0 Å². The van der Waals surface area contributed by atoms with E-state index >= 15 is 0 Å². The molecule has 0 unspecified atom stereocenters. The van der Waals surface area contributed by atoms with Gasteiger partial charge in [0.05, 0.1) is 0 Å². The van der Waals surface area contributed by atoms with E-state index in [9.17, 15) is 4.79 Å². The third kappa shape index (κ3) is 10.2. The first-order valence-electron chi connectivity index (χ1n) is 14.1. The van der Waals surface area contributed by atoms with Crippen LogP contribution in [0.15, 0.2) is 34.4 Å². The predicted octanol–water partition coefficient (Wildman–Crippen LogP) is 8.43. The molecule has 0 aliphatic heterocycles. The number of rotatable bonds is 16. The van der Waals surface area contributed by atoms with Crippen molar-refractivity contribution >= 4 is 32.7 Å². The van der Waals surface area contributed by atoms with Gasteiger partial charge in [0.1, 0.15) is 0 Å². The number of unbranched alkanes of at least 4 members (excludes halogenated alkanes) is 3. The number of methoxy groups -OCH3 is 1. The van der Waals surface area contributed by atoms with Crippen molar-refractivity contribution in [2.75, 3.05) is 7.11 Å². The Morgan fingerprint density at radius 3 is 1.97 bits per heavy atom. The molecule has 206 valence electrons. The molecule has 0 radical (unpaired) electrons. The van der Waals surface area contributed by atoms with Gasteiger partial charge in [-0.25, -0.2) is 0 Å². The van der Waals surface area contributed by atoms with Gasteiger partial charge in [-0.15, -0.1) is 0 Å². The van der Waals surface area contributed by atoms with E-state index in [1.807, 2.05) is 18.2 Å². The summed E-state index contributed by atoms with van der Waals surface area (Å²) in [4.78, 5) is 13.0. The van der Waals surface area contributed by atoms with E-state index in [4.69, 9.17) is 14.9 Å². The predicted molar refractivity (Wildman–Crippen MR) is 161 cm³/mol. The molecule has 2 N–H and O–H groups in total. The molecule has 36 heavy (non-hydrogen) atoms. The number of nitrogens with two attached hydrogens (primary N) is 1. The van der Waals surface area contributed by atoms with Crippen molar-refractivity contribution in [1.82, 2.24) is 0 Å². The minimum atomic E-state index is -2.60. The first kappa shape index (κ1) is 33.2. The van der Waals surface area contributed by atoms with Crippen molar-refractivity contribution in [3.05, 3.63) is 40.0 Å². The van der Waals surface area contributed by atoms with Gasteiger partial charge in [0.2, 0.25) is 0 Å². The Kier molecular flexibility index (Phi) is 13.8. The second kappa shape index (κ2) is 15.0. The topological polar surface area (TPSA) is 61.5 Å². The summed E-state index contributed by atoms with van der Waals surface area (Å²) in [5.74, 6) is 0.494. The number of carbonyl (C=O) groups excluding carboxylic acids is 1. The Labute approximate surface area is 227 Å². The summed E-state index contributed by atoms with van der Waals surface area (Å²) in [7, 11) is -0.522. The third-order valence-electron chi connectivity index (χ3n) is 7.96. The normalized spacial score (nSPS) is 14.6. The van der Waals surface area contributed by atoms with Crippen LogP contribution in [0.25, 0.3) is 0 Å². The zero-order valence-corrected chi connectivity index (χ0v) is 28.7. The van der Waals surface area contributed by atoms with Crippen LogP contribution in [-0.2, 0) is 16.0 Å². The number of carbonyl (C=O) groups is 1. The SMILES string of the molecule is CCC[CH2][Sn](/[CH]=C/[C@](N)(Cc1cccc(O[Si](C)(C)C(C)(C)C)c1)C(=O)OC)([CH2]CCC)[CH2]CCC. The fraction of sp³-hybridized carbons (Fsp3) is 0.700. The Bertz CT molecular complexity index is 812. The van der Waals surface area contributed by atoms with E-state index in [2.05, 4.69) is 70.9 Å². The monoisotopic (exact) mass is 625 g/mol. The Balaban J connectivity index is 3.34. The molecule has 0 amide bonds. The van der Waals surface area contributed by atoms with Crippen LogP contribution < -0.4 is 10.2 Å². The number of benzene rings is 1. The number of ether oxygens (including phenoxy) is 1. The van der Waals surface area contributed by atoms with Crippen molar-refractivity contribution in [3.8, 4) is 5.75 Å². The van der Waals surface area contributed by atoms with E-state index in [0.29, 0.717) is 6.42 Å². The maximum atomic E-state index is 13.0. The van der Waals surface area contributed by atoms with Crippen LogP contribution in [0.1, 0.15) is 85.6 Å². The molecule has 0 heterocycles. The Morgan fingerprint density at radius 1 is 1.00 bits per heavy atom. The van der Waals surface area contributed by atoms with E-state index in [1.54, 1.807) is 0 Å². The molecule has 0 spiro atoms. The Morgan fingerprint density at radius 2 is 1.53 bits per heavy atom. The Hall–Kier alpha value is -0.794. The van der Waals surface area contributed by atoms with Crippen LogP contribution in [-0.4, -0.2) is 45.3 Å². The summed E-state index contributed by atoms with van der Waals surface area (Å²) in [5.41, 5.74) is 6.69. The summed E-state index contributed by atoms with van der Waals surface area (Å²) < 4.78 is 18.3. The maximum absolute atomic E-state index is 13.0. The van der Waals surface area contributed by atoms with E-state index in [1.165, 1.54) is 58.9 Å². The summed E-state index contributed by atoms with van der Waals surface area (Å²) in [6.45, 7) is 18.1. The van der Waals surface area contributed by atoms with Gasteiger partial charge in [-0.2, -0.15) is 0 Å². The first-order valence-corrected chi connectivity index (χ1v) is 24.7. The molecule has 6 heteroatoms. The van der Waals surface area contributed by atoms with Crippen LogP contribution in [0.3, 0.4) is 0 Å². The van der Waals surface area contributed by atoms with Gasteiger partial charge < -0.3 is 0 Å². The van der Waals surface area contributed by atoms with Gasteiger partial charge in [-0.05, 0) is 0 Å². The molecule has 0 aliphatic carbocycles. The molecule has 0 bridgehead atoms. The van der Waals surface area contributed by atoms with Gasteiger partial charge in [0.15, 0.2) is 0 Å². The standard InChI is InChI=1S/C18H28NO3Si.3C4H9.Sn/c1-8-18(19,16(20)21-5)13-14-10-9-11-15(12-14)22-23(6,7)17(2,3)4;3*1-3-4-2;/h1,8-12H,13,19H2,2-7H3;3*1,3-4H2,2H3;/t18-;;;;/m0..../s1. The van der Waals surface area contributed by atoms with Crippen molar-refractivity contribution in [2.45, 2.75) is 123 Å². The number of esters is 1. The van der Waals surface area contributed by atoms with Crippen LogP contribution >= 0.6 is 0 Å². The third-order valence-corrected chi connectivity index (χ3v) is 26.4. The van der Waals surface area contributed by atoms with Gasteiger partial charge in [0, 0.05) is 0 Å². The minimum absolute atomic E-state index is 0.112. The van der Waals surface area contributed by atoms with Crippen molar-refractivity contribution < 1.29 is 14.0 Å². The summed E-state index contributed by atoms with van der Waals surface area (Å²) in [6.07, 6.45) is 9.94. The van der Waals surface area contributed by atoms with Crippen LogP contribution in [0, 0.1) is 0 Å². The molecule has 1 aromatic rings. The molecule has 1 rings (SSSR count). The summed E-state index contributed by atoms with van der Waals surface area (Å²) in [5, 5.41) is 0.112. The van der Waals surface area contributed by atoms with Gasteiger partial charge in [-0.1, -0.05) is 0 Å². The second-order valence-electron chi connectivity index (χ2n) is 12.2. The molecule has 0 fully saturated rings. The summed E-state index contributed by atoms with van der Waals surface area (Å²) >= 11 is -2.60. The van der Waals surface area contributed by atoms with Crippen LogP contribution in [0.5, 0.6) is 5.75 Å². The van der Waals surface area contributed by atoms with Crippen molar-refractivity contribution in [2.24, 2.45) is 5.73 Å². The molecule has 0 saturated heterocycles. The fourth-order valence-corrected chi connectivity index (χ4v) is 19.9. The number of hydrogen-bond donors (Lipinski definition) is 1. The zero-order valence-electron chi connectivity index (χ0n) is 24.8. The van der Waals surface area contributed by atoms with E-state index in [0.717, 1.165) is 11.3 Å². The summed E-state index contributed by atoms with van der Waals surface area (Å²) in [6, 6.07) is 8.11. The molecule has 4 nitrogen and oxygen atoms in total. The van der Waals surface area contributed by atoms with E-state index < -0.39 is 32.2 Å².